The van der Waals surface area contributed by atoms with Crippen LogP contribution in [0.3, 0.4) is 0 Å². The van der Waals surface area contributed by atoms with Crippen molar-refractivity contribution in [1.29, 1.82) is 0 Å². The van der Waals surface area contributed by atoms with Gasteiger partial charge in [-0.1, -0.05) is 60.7 Å². The zero-order valence-corrected chi connectivity index (χ0v) is 17.5. The fraction of sp³-hybridized carbons (Fsp3) is 0.429. The van der Waals surface area contributed by atoms with E-state index in [9.17, 15) is 9.67 Å². The molecule has 1 N–H and O–H groups in total. The topological polar surface area (TPSA) is 55.8 Å². The quantitative estimate of drug-likeness (QED) is 0.576. The number of hydrogen-bond acceptors (Lipinski definition) is 5. The SMILES string of the molecule is CCOP(=O)(OCC)C1(O)C[C@@H](c2ccccc2)S[C@@H](c2ccccc2)C1. The number of thioether (sulfide) groups is 1. The molecule has 1 heterocycles. The summed E-state index contributed by atoms with van der Waals surface area (Å²) in [5.74, 6) is 0. The van der Waals surface area contributed by atoms with E-state index in [1.807, 2.05) is 36.4 Å². The van der Waals surface area contributed by atoms with Crippen molar-refractivity contribution < 1.29 is 18.7 Å². The first-order chi connectivity index (χ1) is 13.0. The Hall–Kier alpha value is -1.10. The van der Waals surface area contributed by atoms with Crippen LogP contribution in [0.25, 0.3) is 0 Å². The largest absolute Gasteiger partial charge is 0.377 e. The molecule has 2 aromatic rings. The van der Waals surface area contributed by atoms with Crippen molar-refractivity contribution in [3.05, 3.63) is 71.8 Å². The van der Waals surface area contributed by atoms with E-state index in [1.165, 1.54) is 0 Å². The van der Waals surface area contributed by atoms with Gasteiger partial charge in [-0.15, -0.1) is 11.8 Å². The number of aliphatic hydroxyl groups is 1. The third-order valence-corrected chi connectivity index (χ3v) is 8.92. The molecule has 0 aliphatic carbocycles. The lowest BCUT2D eigenvalue weighted by Gasteiger charge is -2.43. The van der Waals surface area contributed by atoms with E-state index in [1.54, 1.807) is 25.6 Å². The van der Waals surface area contributed by atoms with Crippen LogP contribution in [-0.4, -0.2) is 23.7 Å². The van der Waals surface area contributed by atoms with Gasteiger partial charge in [0.15, 0.2) is 5.34 Å². The molecule has 3 rings (SSSR count). The standard InChI is InChI=1S/C21H27O4PS/c1-3-24-26(23,25-4-2)21(22)15-19(17-11-7-5-8-12-17)27-20(16-21)18-13-9-6-10-14-18/h5-14,19-20,22H,3-4,15-16H2,1-2H3/t19-,20+,21?. The highest BCUT2D eigenvalue weighted by atomic mass is 32.2. The van der Waals surface area contributed by atoms with Gasteiger partial charge in [0.25, 0.3) is 0 Å². The molecule has 0 spiro atoms. The maximum Gasteiger partial charge on any atom is 0.361 e. The Kier molecular flexibility index (Phi) is 6.83. The van der Waals surface area contributed by atoms with E-state index in [4.69, 9.17) is 9.05 Å². The van der Waals surface area contributed by atoms with Gasteiger partial charge in [0.05, 0.1) is 13.2 Å². The second kappa shape index (κ2) is 8.93. The third kappa shape index (κ3) is 4.49. The van der Waals surface area contributed by atoms with E-state index in [0.29, 0.717) is 12.8 Å². The van der Waals surface area contributed by atoms with Crippen LogP contribution in [-0.2, 0) is 13.6 Å². The summed E-state index contributed by atoms with van der Waals surface area (Å²) in [6, 6.07) is 20.1. The summed E-state index contributed by atoms with van der Waals surface area (Å²) in [6.45, 7) is 4.02. The van der Waals surface area contributed by atoms with Gasteiger partial charge in [-0.05, 0) is 25.0 Å². The molecule has 0 bridgehead atoms. The lowest BCUT2D eigenvalue weighted by Crippen LogP contribution is -2.37. The molecule has 146 valence electrons. The van der Waals surface area contributed by atoms with Gasteiger partial charge in [0, 0.05) is 23.3 Å². The fourth-order valence-corrected chi connectivity index (χ4v) is 7.60. The van der Waals surface area contributed by atoms with Crippen molar-refractivity contribution in [2.75, 3.05) is 13.2 Å². The van der Waals surface area contributed by atoms with E-state index in [-0.39, 0.29) is 23.7 Å². The van der Waals surface area contributed by atoms with Crippen LogP contribution in [0.1, 0.15) is 48.3 Å². The molecule has 0 amide bonds. The minimum absolute atomic E-state index is 0.00407. The Balaban J connectivity index is 2.00. The average Bonchev–Trinajstić information content (AvgIpc) is 2.69. The second-order valence-corrected chi connectivity index (χ2v) is 10.4. The summed E-state index contributed by atoms with van der Waals surface area (Å²) >= 11 is 1.80. The average molecular weight is 406 g/mol. The van der Waals surface area contributed by atoms with Gasteiger partial charge in [0.2, 0.25) is 0 Å². The lowest BCUT2D eigenvalue weighted by atomic mass is 9.98. The predicted molar refractivity (Wildman–Crippen MR) is 111 cm³/mol. The fourth-order valence-electron chi connectivity index (χ4n) is 3.54. The highest BCUT2D eigenvalue weighted by Gasteiger charge is 2.55. The summed E-state index contributed by atoms with van der Waals surface area (Å²) in [6.07, 6.45) is 0.671. The van der Waals surface area contributed by atoms with Crippen molar-refractivity contribution in [2.45, 2.75) is 42.5 Å². The Bertz CT molecular complexity index is 711. The maximum atomic E-state index is 13.5. The molecule has 6 heteroatoms. The predicted octanol–water partition coefficient (Wildman–Crippen LogP) is 5.95. The highest BCUT2D eigenvalue weighted by Crippen LogP contribution is 2.69. The van der Waals surface area contributed by atoms with Crippen LogP contribution in [0.15, 0.2) is 60.7 Å². The minimum atomic E-state index is -3.68. The van der Waals surface area contributed by atoms with Crippen molar-refractivity contribution in [3.63, 3.8) is 0 Å². The molecule has 27 heavy (non-hydrogen) atoms. The third-order valence-electron chi connectivity index (χ3n) is 4.80. The smallest absolute Gasteiger partial charge is 0.361 e. The van der Waals surface area contributed by atoms with Gasteiger partial charge < -0.3 is 14.2 Å². The maximum absolute atomic E-state index is 13.5. The lowest BCUT2D eigenvalue weighted by molar-refractivity contribution is 0.0490. The van der Waals surface area contributed by atoms with Crippen LogP contribution in [0, 0.1) is 0 Å². The Labute approximate surface area is 165 Å². The molecule has 1 fully saturated rings. The molecule has 0 radical (unpaired) electrons. The summed E-state index contributed by atoms with van der Waals surface area (Å²) in [7, 11) is -3.68. The number of hydrogen-bond donors (Lipinski definition) is 1. The van der Waals surface area contributed by atoms with Crippen molar-refractivity contribution in [3.8, 4) is 0 Å². The number of rotatable bonds is 7. The van der Waals surface area contributed by atoms with Crippen molar-refractivity contribution in [2.24, 2.45) is 0 Å². The molecular formula is C21H27O4PS. The monoisotopic (exact) mass is 406 g/mol. The minimum Gasteiger partial charge on any atom is -0.377 e. The molecule has 0 aromatic heterocycles. The van der Waals surface area contributed by atoms with Crippen LogP contribution in [0.4, 0.5) is 0 Å². The first kappa shape index (κ1) is 20.6. The van der Waals surface area contributed by atoms with E-state index >= 15 is 0 Å². The molecule has 0 saturated carbocycles. The van der Waals surface area contributed by atoms with Gasteiger partial charge in [0.1, 0.15) is 0 Å². The van der Waals surface area contributed by atoms with Crippen LogP contribution in [0.2, 0.25) is 0 Å². The Morgan fingerprint density at radius 3 is 1.70 bits per heavy atom. The Morgan fingerprint density at radius 1 is 0.926 bits per heavy atom. The first-order valence-corrected chi connectivity index (χ1v) is 11.9. The summed E-state index contributed by atoms with van der Waals surface area (Å²) in [5, 5.41) is 10.1. The Morgan fingerprint density at radius 2 is 1.33 bits per heavy atom. The summed E-state index contributed by atoms with van der Waals surface area (Å²) < 4.78 is 24.6. The summed E-state index contributed by atoms with van der Waals surface area (Å²) in [5.41, 5.74) is 2.22. The van der Waals surface area contributed by atoms with E-state index in [0.717, 1.165) is 11.1 Å². The molecule has 1 aliphatic heterocycles. The second-order valence-electron chi connectivity index (χ2n) is 6.66. The molecule has 2 aromatic carbocycles. The van der Waals surface area contributed by atoms with E-state index < -0.39 is 12.9 Å². The number of benzene rings is 2. The molecule has 3 atom stereocenters. The zero-order valence-electron chi connectivity index (χ0n) is 15.8. The van der Waals surface area contributed by atoms with Crippen LogP contribution < -0.4 is 0 Å². The van der Waals surface area contributed by atoms with Gasteiger partial charge in [-0.3, -0.25) is 4.57 Å². The van der Waals surface area contributed by atoms with Crippen LogP contribution in [0.5, 0.6) is 0 Å². The van der Waals surface area contributed by atoms with Crippen molar-refractivity contribution >= 4 is 19.4 Å². The normalized spacial score (nSPS) is 26.0. The molecule has 1 aliphatic rings. The van der Waals surface area contributed by atoms with Gasteiger partial charge in [-0.25, -0.2) is 0 Å². The van der Waals surface area contributed by atoms with Crippen molar-refractivity contribution in [1.82, 2.24) is 0 Å². The molecule has 1 saturated heterocycles. The molecular weight excluding hydrogens is 379 g/mol. The van der Waals surface area contributed by atoms with E-state index in [2.05, 4.69) is 24.3 Å². The van der Waals surface area contributed by atoms with Crippen LogP contribution >= 0.6 is 19.4 Å². The van der Waals surface area contributed by atoms with Gasteiger partial charge in [-0.2, -0.15) is 0 Å². The molecule has 1 unspecified atom stereocenters. The van der Waals surface area contributed by atoms with Gasteiger partial charge >= 0.3 is 7.60 Å². The summed E-state index contributed by atoms with van der Waals surface area (Å²) in [4.78, 5) is 0. The first-order valence-electron chi connectivity index (χ1n) is 9.38. The molecule has 4 nitrogen and oxygen atoms in total. The highest BCUT2D eigenvalue weighted by molar-refractivity contribution is 7.99. The zero-order chi connectivity index (χ0) is 19.3.